The molecule has 5 heteroatoms. The molecule has 150 valence electrons. The van der Waals surface area contributed by atoms with Crippen molar-refractivity contribution in [1.82, 2.24) is 9.97 Å². The summed E-state index contributed by atoms with van der Waals surface area (Å²) in [7, 11) is 0. The summed E-state index contributed by atoms with van der Waals surface area (Å²) < 4.78 is 4.59. The molecule has 2 aromatic carbocycles. The molecule has 0 N–H and O–H groups in total. The Balaban J connectivity index is 1.78. The van der Waals surface area contributed by atoms with Gasteiger partial charge in [0.2, 0.25) is 0 Å². The molecule has 0 amide bonds. The predicted octanol–water partition coefficient (Wildman–Crippen LogP) is 7.48. The fraction of sp³-hybridized carbons (Fsp3) is 0.160. The summed E-state index contributed by atoms with van der Waals surface area (Å²) in [5, 5.41) is 1.32. The summed E-state index contributed by atoms with van der Waals surface area (Å²) in [6, 6.07) is 22.5. The van der Waals surface area contributed by atoms with E-state index < -0.39 is 0 Å². The number of hydrogen-bond acceptors (Lipinski definition) is 4. The van der Waals surface area contributed by atoms with E-state index in [0.29, 0.717) is 5.15 Å². The van der Waals surface area contributed by atoms with E-state index in [9.17, 15) is 0 Å². The number of hydrogen-bond donors (Lipinski definition) is 0. The number of nitrogens with zero attached hydrogens (tertiary/aromatic N) is 3. The van der Waals surface area contributed by atoms with Gasteiger partial charge in [0.15, 0.2) is 0 Å². The van der Waals surface area contributed by atoms with Gasteiger partial charge in [0.1, 0.15) is 5.15 Å². The number of fused-ring (bicyclic) bond motifs is 1. The van der Waals surface area contributed by atoms with Crippen molar-refractivity contribution in [3.8, 4) is 22.4 Å². The third kappa shape index (κ3) is 4.72. The SMILES string of the molecule is CC(C)(C)SN=Cc1ccc(-c2nc3ccnc(Cl)c3cc2-c2ccccc2)cc1. The van der Waals surface area contributed by atoms with Gasteiger partial charge in [-0.1, -0.05) is 66.2 Å². The maximum Gasteiger partial charge on any atom is 0.138 e. The van der Waals surface area contributed by atoms with Gasteiger partial charge >= 0.3 is 0 Å². The van der Waals surface area contributed by atoms with Crippen LogP contribution in [0.2, 0.25) is 5.15 Å². The maximum absolute atomic E-state index is 6.35. The molecule has 0 saturated heterocycles. The van der Waals surface area contributed by atoms with Crippen LogP contribution >= 0.6 is 23.5 Å². The minimum Gasteiger partial charge on any atom is -0.247 e. The Kier molecular flexibility index (Phi) is 5.89. The summed E-state index contributed by atoms with van der Waals surface area (Å²) in [4.78, 5) is 9.16. The van der Waals surface area contributed by atoms with Gasteiger partial charge in [0.25, 0.3) is 0 Å². The first-order valence-corrected chi connectivity index (χ1v) is 10.9. The molecule has 0 aliphatic rings. The molecule has 0 saturated carbocycles. The molecule has 2 aromatic heterocycles. The Labute approximate surface area is 186 Å². The average molecular weight is 432 g/mol. The number of pyridine rings is 2. The number of aromatic nitrogens is 2. The van der Waals surface area contributed by atoms with Gasteiger partial charge in [-0.2, -0.15) is 0 Å². The van der Waals surface area contributed by atoms with Crippen LogP contribution in [0.5, 0.6) is 0 Å². The Morgan fingerprint density at radius 1 is 0.933 bits per heavy atom. The monoisotopic (exact) mass is 431 g/mol. The molecule has 0 spiro atoms. The lowest BCUT2D eigenvalue weighted by atomic mass is 9.97. The van der Waals surface area contributed by atoms with Crippen molar-refractivity contribution in [3.63, 3.8) is 0 Å². The lowest BCUT2D eigenvalue weighted by Gasteiger charge is -2.13. The fourth-order valence-corrected chi connectivity index (χ4v) is 3.79. The van der Waals surface area contributed by atoms with E-state index in [4.69, 9.17) is 16.6 Å². The molecule has 4 rings (SSSR count). The first-order valence-electron chi connectivity index (χ1n) is 9.73. The fourth-order valence-electron chi connectivity index (χ4n) is 3.09. The molecule has 0 unspecified atom stereocenters. The molecule has 3 nitrogen and oxygen atoms in total. The zero-order valence-corrected chi connectivity index (χ0v) is 18.7. The van der Waals surface area contributed by atoms with Crippen molar-refractivity contribution in [2.75, 3.05) is 0 Å². The summed E-state index contributed by atoms with van der Waals surface area (Å²) in [5.41, 5.74) is 5.98. The Morgan fingerprint density at radius 2 is 1.67 bits per heavy atom. The maximum atomic E-state index is 6.35. The van der Waals surface area contributed by atoms with Crippen LogP contribution in [-0.2, 0) is 0 Å². The topological polar surface area (TPSA) is 38.1 Å². The second-order valence-corrected chi connectivity index (χ2v) is 9.96. The Bertz CT molecular complexity index is 1200. The molecule has 2 heterocycles. The van der Waals surface area contributed by atoms with Crippen LogP contribution in [0.15, 0.2) is 77.3 Å². The number of rotatable bonds is 4. The van der Waals surface area contributed by atoms with Crippen LogP contribution in [0.1, 0.15) is 26.3 Å². The van der Waals surface area contributed by atoms with E-state index in [0.717, 1.165) is 38.9 Å². The van der Waals surface area contributed by atoms with E-state index in [-0.39, 0.29) is 4.75 Å². The molecular weight excluding hydrogens is 410 g/mol. The lowest BCUT2D eigenvalue weighted by molar-refractivity contribution is 0.804. The quantitative estimate of drug-likeness (QED) is 0.191. The first kappa shape index (κ1) is 20.6. The van der Waals surface area contributed by atoms with Gasteiger partial charge < -0.3 is 0 Å². The summed E-state index contributed by atoms with van der Waals surface area (Å²) in [6.45, 7) is 6.45. The summed E-state index contributed by atoms with van der Waals surface area (Å²) >= 11 is 7.92. The zero-order valence-electron chi connectivity index (χ0n) is 17.1. The highest BCUT2D eigenvalue weighted by Gasteiger charge is 2.13. The van der Waals surface area contributed by atoms with Gasteiger partial charge in [-0.15, -0.1) is 0 Å². The van der Waals surface area contributed by atoms with E-state index in [1.165, 1.54) is 0 Å². The van der Waals surface area contributed by atoms with Crippen molar-refractivity contribution >= 4 is 40.7 Å². The Hall–Kier alpha value is -2.69. The smallest absolute Gasteiger partial charge is 0.138 e. The van der Waals surface area contributed by atoms with E-state index in [1.807, 2.05) is 30.5 Å². The van der Waals surface area contributed by atoms with Crippen LogP contribution in [0.4, 0.5) is 0 Å². The lowest BCUT2D eigenvalue weighted by Crippen LogP contribution is -2.04. The third-order valence-electron chi connectivity index (χ3n) is 4.49. The molecule has 30 heavy (non-hydrogen) atoms. The van der Waals surface area contributed by atoms with Gasteiger partial charge in [0.05, 0.1) is 11.2 Å². The molecule has 0 atom stereocenters. The first-order chi connectivity index (χ1) is 14.4. The highest BCUT2D eigenvalue weighted by atomic mass is 35.5. The van der Waals surface area contributed by atoms with Gasteiger partial charge in [-0.3, -0.25) is 0 Å². The molecule has 0 fully saturated rings. The minimum absolute atomic E-state index is 0.103. The van der Waals surface area contributed by atoms with Crippen molar-refractivity contribution < 1.29 is 0 Å². The highest BCUT2D eigenvalue weighted by molar-refractivity contribution is 7.99. The van der Waals surface area contributed by atoms with Gasteiger partial charge in [-0.05, 0) is 56.0 Å². The minimum atomic E-state index is 0.103. The third-order valence-corrected chi connectivity index (χ3v) is 5.55. The van der Waals surface area contributed by atoms with Crippen LogP contribution in [0.25, 0.3) is 33.3 Å². The normalized spacial score (nSPS) is 12.0. The average Bonchev–Trinajstić information content (AvgIpc) is 2.73. The number of halogens is 1. The Morgan fingerprint density at radius 3 is 2.37 bits per heavy atom. The number of benzene rings is 2. The second kappa shape index (κ2) is 8.58. The van der Waals surface area contributed by atoms with Gasteiger partial charge in [0, 0.05) is 33.7 Å². The van der Waals surface area contributed by atoms with E-state index in [2.05, 4.69) is 72.6 Å². The molecular formula is C25H22ClN3S. The molecule has 0 bridgehead atoms. The zero-order chi connectivity index (χ0) is 21.1. The van der Waals surface area contributed by atoms with Gasteiger partial charge in [-0.25, -0.2) is 14.4 Å². The largest absolute Gasteiger partial charge is 0.247 e. The summed E-state index contributed by atoms with van der Waals surface area (Å²) in [5.74, 6) is 0. The summed E-state index contributed by atoms with van der Waals surface area (Å²) in [6.07, 6.45) is 3.59. The van der Waals surface area contributed by atoms with Crippen molar-refractivity contribution in [3.05, 3.63) is 83.6 Å². The predicted molar refractivity (Wildman–Crippen MR) is 130 cm³/mol. The molecule has 0 aliphatic heterocycles. The van der Waals surface area contributed by atoms with Crippen LogP contribution < -0.4 is 0 Å². The van der Waals surface area contributed by atoms with Crippen molar-refractivity contribution in [2.45, 2.75) is 25.5 Å². The molecule has 0 radical (unpaired) electrons. The van der Waals surface area contributed by atoms with Crippen LogP contribution in [0, 0.1) is 0 Å². The second-order valence-electron chi connectivity index (χ2n) is 7.98. The van der Waals surface area contributed by atoms with E-state index in [1.54, 1.807) is 18.1 Å². The van der Waals surface area contributed by atoms with Crippen molar-refractivity contribution in [1.29, 1.82) is 0 Å². The molecule has 0 aliphatic carbocycles. The standard InChI is InChI=1S/C25H22ClN3S/c1-25(2,3)30-28-16-17-9-11-19(12-10-17)23-20(18-7-5-4-6-8-18)15-21-22(29-23)13-14-27-24(21)26/h4-16H,1-3H3. The van der Waals surface area contributed by atoms with Crippen LogP contribution in [-0.4, -0.2) is 20.9 Å². The van der Waals surface area contributed by atoms with E-state index >= 15 is 0 Å². The van der Waals surface area contributed by atoms with Crippen molar-refractivity contribution in [2.24, 2.45) is 4.40 Å². The highest BCUT2D eigenvalue weighted by Crippen LogP contribution is 2.35. The van der Waals surface area contributed by atoms with Crippen LogP contribution in [0.3, 0.4) is 0 Å². The molecule has 4 aromatic rings.